The summed E-state index contributed by atoms with van der Waals surface area (Å²) in [5.74, 6) is -0.0368. The predicted octanol–water partition coefficient (Wildman–Crippen LogP) is 1.18. The lowest BCUT2D eigenvalue weighted by Gasteiger charge is -2.24. The summed E-state index contributed by atoms with van der Waals surface area (Å²) >= 11 is 0. The van der Waals surface area contributed by atoms with Crippen LogP contribution in [0.3, 0.4) is 0 Å². The van der Waals surface area contributed by atoms with Gasteiger partial charge >= 0.3 is 5.69 Å². The summed E-state index contributed by atoms with van der Waals surface area (Å²) in [6.45, 7) is 4.63. The number of hydrogen-bond donors (Lipinski definition) is 3. The molecule has 4 N–H and O–H groups in total. The molecule has 1 aromatic heterocycles. The highest BCUT2D eigenvalue weighted by molar-refractivity contribution is 5.67. The van der Waals surface area contributed by atoms with Crippen LogP contribution in [0.4, 0.5) is 17.3 Å². The van der Waals surface area contributed by atoms with Gasteiger partial charge in [0.2, 0.25) is 11.6 Å². The van der Waals surface area contributed by atoms with Crippen molar-refractivity contribution in [1.82, 2.24) is 9.97 Å². The predicted molar refractivity (Wildman–Crippen MR) is 71.7 cm³/mol. The first-order valence-corrected chi connectivity index (χ1v) is 5.97. The number of aromatic nitrogens is 2. The second kappa shape index (κ2) is 6.28. The molecule has 0 unspecified atom stereocenters. The minimum atomic E-state index is -0.599. The molecule has 0 radical (unpaired) electrons. The Labute approximate surface area is 111 Å². The van der Waals surface area contributed by atoms with E-state index in [0.29, 0.717) is 13.0 Å². The van der Waals surface area contributed by atoms with Gasteiger partial charge in [-0.15, -0.1) is 0 Å². The molecule has 0 saturated carbocycles. The smallest absolute Gasteiger partial charge is 0.352 e. The highest BCUT2D eigenvalue weighted by Gasteiger charge is 2.23. The summed E-state index contributed by atoms with van der Waals surface area (Å²) in [6.07, 6.45) is 2.67. The fourth-order valence-corrected chi connectivity index (χ4v) is 1.67. The molecule has 0 amide bonds. The number of nitrogens with two attached hydrogens (primary N) is 1. The molecule has 0 saturated heterocycles. The Hall–Kier alpha value is -1.96. The SMILES string of the molecule is CC(C)(CCCO)CNc1ncnc(N)c1[N+](=O)[O-]. The van der Waals surface area contributed by atoms with Crippen molar-refractivity contribution in [3.63, 3.8) is 0 Å². The van der Waals surface area contributed by atoms with Gasteiger partial charge in [-0.3, -0.25) is 10.1 Å². The molecule has 0 bridgehead atoms. The van der Waals surface area contributed by atoms with Crippen LogP contribution in [0.5, 0.6) is 0 Å². The molecule has 1 rings (SSSR count). The average molecular weight is 269 g/mol. The van der Waals surface area contributed by atoms with Crippen LogP contribution in [0, 0.1) is 15.5 Å². The maximum absolute atomic E-state index is 10.9. The summed E-state index contributed by atoms with van der Waals surface area (Å²) in [6, 6.07) is 0. The van der Waals surface area contributed by atoms with Crippen LogP contribution in [0.15, 0.2) is 6.33 Å². The van der Waals surface area contributed by atoms with E-state index in [-0.39, 0.29) is 29.3 Å². The highest BCUT2D eigenvalue weighted by atomic mass is 16.6. The number of nitrogens with one attached hydrogen (secondary N) is 1. The number of hydrogen-bond acceptors (Lipinski definition) is 7. The number of aliphatic hydroxyl groups excluding tert-OH is 1. The van der Waals surface area contributed by atoms with E-state index in [1.54, 1.807) is 0 Å². The van der Waals surface area contributed by atoms with Crippen molar-refractivity contribution in [2.45, 2.75) is 26.7 Å². The summed E-state index contributed by atoms with van der Waals surface area (Å²) in [5, 5.41) is 22.7. The first kappa shape index (κ1) is 15.1. The van der Waals surface area contributed by atoms with Gasteiger partial charge in [-0.25, -0.2) is 9.97 Å². The highest BCUT2D eigenvalue weighted by Crippen LogP contribution is 2.28. The zero-order valence-electron chi connectivity index (χ0n) is 11.1. The lowest BCUT2D eigenvalue weighted by molar-refractivity contribution is -0.383. The summed E-state index contributed by atoms with van der Waals surface area (Å²) in [7, 11) is 0. The summed E-state index contributed by atoms with van der Waals surface area (Å²) < 4.78 is 0. The van der Waals surface area contributed by atoms with Crippen molar-refractivity contribution < 1.29 is 10.0 Å². The van der Waals surface area contributed by atoms with Crippen LogP contribution in [-0.2, 0) is 0 Å². The first-order chi connectivity index (χ1) is 8.87. The van der Waals surface area contributed by atoms with E-state index in [9.17, 15) is 10.1 Å². The van der Waals surface area contributed by atoms with Gasteiger partial charge in [0, 0.05) is 13.2 Å². The fourth-order valence-electron chi connectivity index (χ4n) is 1.67. The molecule has 0 aliphatic carbocycles. The third-order valence-corrected chi connectivity index (χ3v) is 2.78. The van der Waals surface area contributed by atoms with Gasteiger partial charge < -0.3 is 16.2 Å². The Kier molecular flexibility index (Phi) is 4.99. The van der Waals surface area contributed by atoms with Gasteiger partial charge in [-0.05, 0) is 18.3 Å². The molecule has 0 fully saturated rings. The second-order valence-corrected chi connectivity index (χ2v) is 5.06. The third kappa shape index (κ3) is 4.32. The van der Waals surface area contributed by atoms with Crippen molar-refractivity contribution in [2.24, 2.45) is 5.41 Å². The molecule has 0 aliphatic heterocycles. The number of rotatable bonds is 7. The van der Waals surface area contributed by atoms with Gasteiger partial charge in [0.1, 0.15) is 6.33 Å². The van der Waals surface area contributed by atoms with E-state index in [2.05, 4.69) is 15.3 Å². The Balaban J connectivity index is 2.78. The molecule has 1 aromatic rings. The van der Waals surface area contributed by atoms with Gasteiger partial charge in [0.25, 0.3) is 0 Å². The Morgan fingerprint density at radius 3 is 2.79 bits per heavy atom. The zero-order chi connectivity index (χ0) is 14.5. The Bertz CT molecular complexity index is 450. The molecule has 1 heterocycles. The molecule has 8 nitrogen and oxygen atoms in total. The lowest BCUT2D eigenvalue weighted by atomic mass is 9.88. The van der Waals surface area contributed by atoms with E-state index in [4.69, 9.17) is 10.8 Å². The van der Waals surface area contributed by atoms with E-state index in [1.807, 2.05) is 13.8 Å². The monoisotopic (exact) mass is 269 g/mol. The van der Waals surface area contributed by atoms with Crippen molar-refractivity contribution in [2.75, 3.05) is 24.2 Å². The molecular formula is C11H19N5O3. The largest absolute Gasteiger partial charge is 0.396 e. The minimum absolute atomic E-state index is 0.115. The van der Waals surface area contributed by atoms with Crippen molar-refractivity contribution in [3.8, 4) is 0 Å². The van der Waals surface area contributed by atoms with Gasteiger partial charge in [-0.1, -0.05) is 13.8 Å². The average Bonchev–Trinajstić information content (AvgIpc) is 2.33. The summed E-state index contributed by atoms with van der Waals surface area (Å²) in [4.78, 5) is 17.8. The Morgan fingerprint density at radius 2 is 2.21 bits per heavy atom. The standard InChI is InChI=1S/C11H19N5O3/c1-11(2,4-3-5-17)6-13-10-8(16(18)19)9(12)14-7-15-10/h7,17H,3-6H2,1-2H3,(H3,12,13,14,15). The van der Waals surface area contributed by atoms with E-state index in [0.717, 1.165) is 6.42 Å². The van der Waals surface area contributed by atoms with Gasteiger partial charge in [-0.2, -0.15) is 0 Å². The van der Waals surface area contributed by atoms with Crippen LogP contribution in [0.1, 0.15) is 26.7 Å². The van der Waals surface area contributed by atoms with Crippen LogP contribution >= 0.6 is 0 Å². The van der Waals surface area contributed by atoms with Crippen LogP contribution in [0.2, 0.25) is 0 Å². The van der Waals surface area contributed by atoms with Crippen molar-refractivity contribution in [3.05, 3.63) is 16.4 Å². The third-order valence-electron chi connectivity index (χ3n) is 2.78. The van der Waals surface area contributed by atoms with Gasteiger partial charge in [0.05, 0.1) is 4.92 Å². The molecule has 19 heavy (non-hydrogen) atoms. The molecule has 0 atom stereocenters. The molecule has 0 aliphatic rings. The van der Waals surface area contributed by atoms with E-state index < -0.39 is 4.92 Å². The number of nitrogens with zero attached hydrogens (tertiary/aromatic N) is 3. The maximum Gasteiger partial charge on any atom is 0.352 e. The van der Waals surface area contributed by atoms with Crippen molar-refractivity contribution >= 4 is 17.3 Å². The first-order valence-electron chi connectivity index (χ1n) is 5.97. The summed E-state index contributed by atoms with van der Waals surface area (Å²) in [5.41, 5.74) is 5.06. The van der Waals surface area contributed by atoms with Crippen LogP contribution < -0.4 is 11.1 Å². The quantitative estimate of drug-likeness (QED) is 0.501. The van der Waals surface area contributed by atoms with Crippen LogP contribution in [-0.4, -0.2) is 33.1 Å². The molecule has 0 aromatic carbocycles. The van der Waals surface area contributed by atoms with E-state index in [1.165, 1.54) is 6.33 Å². The van der Waals surface area contributed by atoms with Crippen LogP contribution in [0.25, 0.3) is 0 Å². The normalized spacial score (nSPS) is 11.3. The van der Waals surface area contributed by atoms with E-state index >= 15 is 0 Å². The number of aliphatic hydroxyl groups is 1. The zero-order valence-corrected chi connectivity index (χ0v) is 11.1. The fraction of sp³-hybridized carbons (Fsp3) is 0.636. The molecule has 8 heteroatoms. The minimum Gasteiger partial charge on any atom is -0.396 e. The lowest BCUT2D eigenvalue weighted by Crippen LogP contribution is -2.24. The molecule has 0 spiro atoms. The maximum atomic E-state index is 10.9. The molecular weight excluding hydrogens is 250 g/mol. The van der Waals surface area contributed by atoms with Crippen molar-refractivity contribution in [1.29, 1.82) is 0 Å². The van der Waals surface area contributed by atoms with Gasteiger partial charge in [0.15, 0.2) is 0 Å². The topological polar surface area (TPSA) is 127 Å². The number of anilines is 2. The molecule has 106 valence electrons. The number of nitro groups is 1. The second-order valence-electron chi connectivity index (χ2n) is 5.06. The Morgan fingerprint density at radius 1 is 1.53 bits per heavy atom. The number of nitrogen functional groups attached to an aromatic ring is 1.